The molecule has 0 saturated carbocycles. The summed E-state index contributed by atoms with van der Waals surface area (Å²) < 4.78 is 6.85. The summed E-state index contributed by atoms with van der Waals surface area (Å²) in [5.41, 5.74) is 3.04. The van der Waals surface area contributed by atoms with Crippen LogP contribution in [0.25, 0.3) is 22.3 Å². The van der Waals surface area contributed by atoms with Crippen LogP contribution < -0.4 is 0 Å². The molecule has 0 aliphatic carbocycles. The highest BCUT2D eigenvalue weighted by atomic mass is 16.5. The van der Waals surface area contributed by atoms with Gasteiger partial charge in [-0.25, -0.2) is 0 Å². The number of fused-ring (bicyclic) bond motifs is 1. The van der Waals surface area contributed by atoms with Gasteiger partial charge in [-0.2, -0.15) is 10.1 Å². The van der Waals surface area contributed by atoms with Crippen molar-refractivity contribution in [3.63, 3.8) is 0 Å². The van der Waals surface area contributed by atoms with Gasteiger partial charge in [0, 0.05) is 24.9 Å². The van der Waals surface area contributed by atoms with Gasteiger partial charge >= 0.3 is 0 Å². The summed E-state index contributed by atoms with van der Waals surface area (Å²) in [7, 11) is 1.93. The van der Waals surface area contributed by atoms with Crippen LogP contribution in [0.1, 0.15) is 11.6 Å². The number of aromatic nitrogens is 4. The minimum atomic E-state index is 0.571. The van der Waals surface area contributed by atoms with Gasteiger partial charge in [0.25, 0.3) is 0 Å². The highest BCUT2D eigenvalue weighted by Gasteiger charge is 2.09. The Morgan fingerprint density at radius 1 is 1.24 bits per heavy atom. The lowest BCUT2D eigenvalue weighted by molar-refractivity contribution is 0.394. The number of hydrogen-bond donors (Lipinski definition) is 0. The molecule has 0 aliphatic heterocycles. The van der Waals surface area contributed by atoms with Crippen LogP contribution >= 0.6 is 0 Å². The smallest absolute Gasteiger partial charge is 0.223 e. The topological polar surface area (TPSA) is 56.7 Å². The Hall–Kier alpha value is -2.17. The summed E-state index contributed by atoms with van der Waals surface area (Å²) in [5, 5.41) is 9.45. The Kier molecular flexibility index (Phi) is 2.01. The molecular formula is C12H12N4O. The van der Waals surface area contributed by atoms with Crippen LogP contribution in [-0.2, 0) is 7.05 Å². The summed E-state index contributed by atoms with van der Waals surface area (Å²) in [6.45, 7) is 3.78. The molecule has 0 unspecified atom stereocenters. The molecule has 0 spiro atoms. The van der Waals surface area contributed by atoms with Gasteiger partial charge in [0.15, 0.2) is 0 Å². The van der Waals surface area contributed by atoms with Gasteiger partial charge in [-0.15, -0.1) is 0 Å². The highest BCUT2D eigenvalue weighted by molar-refractivity contribution is 5.85. The fraction of sp³-hybridized carbons (Fsp3) is 0.250. The third-order valence-electron chi connectivity index (χ3n) is 2.82. The van der Waals surface area contributed by atoms with Gasteiger partial charge in [-0.1, -0.05) is 17.3 Å². The SMILES string of the molecule is Cc1nc(-c2ccc3c(C)nn(C)c3c2)no1. The molecule has 0 fully saturated rings. The molecular weight excluding hydrogens is 216 g/mol. The van der Waals surface area contributed by atoms with E-state index in [2.05, 4.69) is 15.2 Å². The van der Waals surface area contributed by atoms with Crippen molar-refractivity contribution >= 4 is 10.9 Å². The Bertz CT molecular complexity index is 696. The Balaban J connectivity index is 2.22. The second kappa shape index (κ2) is 3.41. The first-order chi connectivity index (χ1) is 8.15. The number of nitrogens with zero attached hydrogens (tertiary/aromatic N) is 4. The van der Waals surface area contributed by atoms with Gasteiger partial charge < -0.3 is 4.52 Å². The van der Waals surface area contributed by atoms with E-state index >= 15 is 0 Å². The van der Waals surface area contributed by atoms with Crippen molar-refractivity contribution in [2.75, 3.05) is 0 Å². The molecule has 5 nitrogen and oxygen atoms in total. The lowest BCUT2D eigenvalue weighted by Crippen LogP contribution is -1.90. The van der Waals surface area contributed by atoms with Gasteiger partial charge in [0.1, 0.15) is 0 Å². The summed E-state index contributed by atoms with van der Waals surface area (Å²) in [6.07, 6.45) is 0. The molecule has 0 radical (unpaired) electrons. The van der Waals surface area contributed by atoms with E-state index in [1.807, 2.05) is 36.9 Å². The molecule has 2 aromatic heterocycles. The van der Waals surface area contributed by atoms with Crippen molar-refractivity contribution in [3.05, 3.63) is 29.8 Å². The molecule has 0 saturated heterocycles. The standard InChI is InChI=1S/C12H12N4O/c1-7-10-5-4-9(6-11(10)16(3)14-7)12-13-8(2)17-15-12/h4-6H,1-3H3. The van der Waals surface area contributed by atoms with E-state index in [0.717, 1.165) is 22.2 Å². The normalized spacial score (nSPS) is 11.2. The molecule has 3 rings (SSSR count). The maximum absolute atomic E-state index is 4.98. The minimum absolute atomic E-state index is 0.571. The van der Waals surface area contributed by atoms with Crippen LogP contribution in [-0.4, -0.2) is 19.9 Å². The third kappa shape index (κ3) is 1.51. The average molecular weight is 228 g/mol. The number of benzene rings is 1. The van der Waals surface area contributed by atoms with Crippen molar-refractivity contribution in [1.29, 1.82) is 0 Å². The molecule has 0 amide bonds. The summed E-state index contributed by atoms with van der Waals surface area (Å²) >= 11 is 0. The molecule has 2 heterocycles. The van der Waals surface area contributed by atoms with Crippen LogP contribution in [0.5, 0.6) is 0 Å². The van der Waals surface area contributed by atoms with Gasteiger partial charge in [-0.05, 0) is 13.0 Å². The van der Waals surface area contributed by atoms with E-state index in [0.29, 0.717) is 11.7 Å². The predicted molar refractivity (Wildman–Crippen MR) is 63.5 cm³/mol. The van der Waals surface area contributed by atoms with Crippen LogP contribution in [0.2, 0.25) is 0 Å². The van der Waals surface area contributed by atoms with Crippen molar-refractivity contribution in [2.45, 2.75) is 13.8 Å². The summed E-state index contributed by atoms with van der Waals surface area (Å²) in [5.74, 6) is 1.18. The van der Waals surface area contributed by atoms with E-state index in [-0.39, 0.29) is 0 Å². The summed E-state index contributed by atoms with van der Waals surface area (Å²) in [4.78, 5) is 4.22. The number of aryl methyl sites for hydroxylation is 3. The second-order valence-electron chi connectivity index (χ2n) is 4.08. The largest absolute Gasteiger partial charge is 0.339 e. The molecule has 0 aliphatic rings. The number of hydrogen-bond acceptors (Lipinski definition) is 4. The molecule has 1 aromatic carbocycles. The lowest BCUT2D eigenvalue weighted by atomic mass is 10.1. The zero-order chi connectivity index (χ0) is 12.0. The van der Waals surface area contributed by atoms with Crippen molar-refractivity contribution in [1.82, 2.24) is 19.9 Å². The van der Waals surface area contributed by atoms with Crippen LogP contribution in [0.4, 0.5) is 0 Å². The zero-order valence-electron chi connectivity index (χ0n) is 9.93. The van der Waals surface area contributed by atoms with Crippen molar-refractivity contribution in [3.8, 4) is 11.4 Å². The molecule has 3 aromatic rings. The van der Waals surface area contributed by atoms with E-state index in [1.165, 1.54) is 0 Å². The van der Waals surface area contributed by atoms with Crippen LogP contribution in [0.3, 0.4) is 0 Å². The van der Waals surface area contributed by atoms with Crippen LogP contribution in [0.15, 0.2) is 22.7 Å². The van der Waals surface area contributed by atoms with E-state index in [1.54, 1.807) is 6.92 Å². The molecule has 0 bridgehead atoms. The first-order valence-corrected chi connectivity index (χ1v) is 5.39. The third-order valence-corrected chi connectivity index (χ3v) is 2.82. The summed E-state index contributed by atoms with van der Waals surface area (Å²) in [6, 6.07) is 6.06. The van der Waals surface area contributed by atoms with E-state index in [4.69, 9.17) is 4.52 Å². The van der Waals surface area contributed by atoms with Crippen molar-refractivity contribution < 1.29 is 4.52 Å². The van der Waals surface area contributed by atoms with Gasteiger partial charge in [-0.3, -0.25) is 4.68 Å². The lowest BCUT2D eigenvalue weighted by Gasteiger charge is -1.97. The Labute approximate surface area is 98.1 Å². The monoisotopic (exact) mass is 228 g/mol. The van der Waals surface area contributed by atoms with Crippen molar-refractivity contribution in [2.24, 2.45) is 7.05 Å². The molecule has 17 heavy (non-hydrogen) atoms. The molecule has 5 heteroatoms. The maximum Gasteiger partial charge on any atom is 0.223 e. The average Bonchev–Trinajstić information content (AvgIpc) is 2.85. The number of rotatable bonds is 1. The Morgan fingerprint density at radius 2 is 2.06 bits per heavy atom. The molecule has 0 atom stereocenters. The van der Waals surface area contributed by atoms with E-state index in [9.17, 15) is 0 Å². The first kappa shape index (κ1) is 10.0. The van der Waals surface area contributed by atoms with E-state index < -0.39 is 0 Å². The molecule has 86 valence electrons. The molecule has 0 N–H and O–H groups in total. The fourth-order valence-electron chi connectivity index (χ4n) is 1.99. The zero-order valence-corrected chi connectivity index (χ0v) is 9.93. The van der Waals surface area contributed by atoms with Crippen LogP contribution in [0, 0.1) is 13.8 Å². The van der Waals surface area contributed by atoms with Gasteiger partial charge in [0.05, 0.1) is 11.2 Å². The second-order valence-corrected chi connectivity index (χ2v) is 4.08. The minimum Gasteiger partial charge on any atom is -0.339 e. The highest BCUT2D eigenvalue weighted by Crippen LogP contribution is 2.23. The first-order valence-electron chi connectivity index (χ1n) is 5.39. The Morgan fingerprint density at radius 3 is 2.76 bits per heavy atom. The predicted octanol–water partition coefficient (Wildman–Crippen LogP) is 2.24. The van der Waals surface area contributed by atoms with Gasteiger partial charge in [0.2, 0.25) is 11.7 Å². The maximum atomic E-state index is 4.98. The quantitative estimate of drug-likeness (QED) is 0.641. The fourth-order valence-corrected chi connectivity index (χ4v) is 1.99.